The summed E-state index contributed by atoms with van der Waals surface area (Å²) in [7, 11) is 0. The Balaban J connectivity index is 2.21. The highest BCUT2D eigenvalue weighted by molar-refractivity contribution is 5.93. The quantitative estimate of drug-likeness (QED) is 0.618. The molecule has 0 saturated carbocycles. The highest BCUT2D eigenvalue weighted by Gasteiger charge is 2.41. The monoisotopic (exact) mass is 281 g/mol. The molecule has 0 saturated heterocycles. The summed E-state index contributed by atoms with van der Waals surface area (Å²) in [4.78, 5) is 26.7. The minimum Gasteiger partial charge on any atom is -0.499 e. The minimum absolute atomic E-state index is 0.0874. The number of hydrogen-bond donors (Lipinski definition) is 3. The smallest absolute Gasteiger partial charge is 0.378 e. The van der Waals surface area contributed by atoms with Gasteiger partial charge in [0, 0.05) is 12.4 Å². The highest BCUT2D eigenvalue weighted by Crippen LogP contribution is 2.25. The number of nitrogens with zero attached hydrogens (tertiary/aromatic N) is 1. The molecule has 20 heavy (non-hydrogen) atoms. The van der Waals surface area contributed by atoms with Crippen molar-refractivity contribution in [1.29, 1.82) is 0 Å². The van der Waals surface area contributed by atoms with Crippen molar-refractivity contribution in [3.63, 3.8) is 0 Å². The number of carbonyl (C=O) groups excluding carboxylic acids is 2. The van der Waals surface area contributed by atoms with Crippen LogP contribution in [0.25, 0.3) is 0 Å². The van der Waals surface area contributed by atoms with Crippen LogP contribution in [0, 0.1) is 0 Å². The molecule has 0 aromatic carbocycles. The molecule has 1 aromatic heterocycles. The van der Waals surface area contributed by atoms with Crippen LogP contribution in [-0.2, 0) is 14.3 Å². The Bertz CT molecular complexity index is 554. The van der Waals surface area contributed by atoms with Crippen LogP contribution in [-0.4, -0.2) is 51.1 Å². The summed E-state index contributed by atoms with van der Waals surface area (Å²) in [5.74, 6) is -3.48. The van der Waals surface area contributed by atoms with Gasteiger partial charge in [0.25, 0.3) is 0 Å². The van der Waals surface area contributed by atoms with Crippen LogP contribution in [0.2, 0.25) is 0 Å². The van der Waals surface area contributed by atoms with Crippen molar-refractivity contribution >= 4 is 11.9 Å². The second-order valence-corrected chi connectivity index (χ2v) is 3.92. The molecule has 2 rings (SSSR count). The predicted molar refractivity (Wildman–Crippen MR) is 62.3 cm³/mol. The first kappa shape index (κ1) is 14.0. The Morgan fingerprint density at radius 2 is 2.30 bits per heavy atom. The highest BCUT2D eigenvalue weighted by atomic mass is 16.6. The first-order chi connectivity index (χ1) is 9.54. The lowest BCUT2D eigenvalue weighted by molar-refractivity contribution is -0.147. The van der Waals surface area contributed by atoms with Crippen LogP contribution >= 0.6 is 0 Å². The molecule has 0 radical (unpaired) electrons. The minimum atomic E-state index is -1.51. The van der Waals surface area contributed by atoms with Gasteiger partial charge in [-0.25, -0.2) is 9.59 Å². The fourth-order valence-electron chi connectivity index (χ4n) is 1.56. The summed E-state index contributed by atoms with van der Waals surface area (Å²) < 4.78 is 9.46. The van der Waals surface area contributed by atoms with E-state index in [0.717, 1.165) is 0 Å². The molecule has 1 aliphatic rings. The number of cyclic esters (lactones) is 1. The molecular formula is C12H11NO7. The Hall–Kier alpha value is -2.45. The number of carbonyl (C=O) groups is 2. The Kier molecular flexibility index (Phi) is 3.97. The maximum atomic E-state index is 11.8. The van der Waals surface area contributed by atoms with E-state index in [0.29, 0.717) is 0 Å². The molecule has 0 spiro atoms. The Morgan fingerprint density at radius 1 is 1.55 bits per heavy atom. The molecule has 106 valence electrons. The van der Waals surface area contributed by atoms with E-state index in [-0.39, 0.29) is 5.56 Å². The molecule has 0 aliphatic carbocycles. The van der Waals surface area contributed by atoms with E-state index in [4.69, 9.17) is 9.84 Å². The average molecular weight is 281 g/mol. The summed E-state index contributed by atoms with van der Waals surface area (Å²) in [6, 6.07) is 2.92. The molecule has 2 atom stereocenters. The van der Waals surface area contributed by atoms with Crippen LogP contribution in [0.5, 0.6) is 0 Å². The summed E-state index contributed by atoms with van der Waals surface area (Å²) in [5, 5.41) is 27.8. The fraction of sp³-hybridized carbons (Fsp3) is 0.250. The van der Waals surface area contributed by atoms with Crippen molar-refractivity contribution in [2.75, 3.05) is 6.61 Å². The number of rotatable bonds is 4. The summed E-state index contributed by atoms with van der Waals surface area (Å²) in [5.41, 5.74) is 0.0874. The predicted octanol–water partition coefficient (Wildman–Crippen LogP) is -0.713. The third-order valence-corrected chi connectivity index (χ3v) is 2.56. The molecule has 1 aromatic rings. The van der Waals surface area contributed by atoms with Gasteiger partial charge in [0.15, 0.2) is 6.10 Å². The van der Waals surface area contributed by atoms with Crippen LogP contribution in [0.1, 0.15) is 10.4 Å². The van der Waals surface area contributed by atoms with E-state index in [2.05, 4.69) is 9.72 Å². The molecule has 8 nitrogen and oxygen atoms in total. The van der Waals surface area contributed by atoms with E-state index in [9.17, 15) is 19.8 Å². The Labute approximate surface area is 112 Å². The SMILES string of the molecule is O=C1OC(C(O)CO)C(OC(=O)c2cccnc2)=C1O. The normalized spacial score (nSPS) is 19.7. The number of aliphatic hydroxyl groups is 3. The van der Waals surface area contributed by atoms with Gasteiger partial charge in [-0.15, -0.1) is 0 Å². The van der Waals surface area contributed by atoms with Gasteiger partial charge in [-0.05, 0) is 12.1 Å². The fourth-order valence-corrected chi connectivity index (χ4v) is 1.56. The van der Waals surface area contributed by atoms with Crippen LogP contribution in [0.4, 0.5) is 0 Å². The van der Waals surface area contributed by atoms with Crippen LogP contribution in [0.3, 0.4) is 0 Å². The van der Waals surface area contributed by atoms with E-state index >= 15 is 0 Å². The molecule has 2 heterocycles. The topological polar surface area (TPSA) is 126 Å². The molecular weight excluding hydrogens is 270 g/mol. The van der Waals surface area contributed by atoms with E-state index in [1.807, 2.05) is 0 Å². The zero-order valence-electron chi connectivity index (χ0n) is 10.1. The zero-order chi connectivity index (χ0) is 14.7. The lowest BCUT2D eigenvalue weighted by Gasteiger charge is -2.17. The van der Waals surface area contributed by atoms with Gasteiger partial charge >= 0.3 is 11.9 Å². The maximum absolute atomic E-state index is 11.8. The molecule has 2 unspecified atom stereocenters. The van der Waals surface area contributed by atoms with Gasteiger partial charge in [0.2, 0.25) is 11.5 Å². The molecule has 0 bridgehead atoms. The lowest BCUT2D eigenvalue weighted by Crippen LogP contribution is -2.33. The third-order valence-electron chi connectivity index (χ3n) is 2.56. The number of hydrogen-bond acceptors (Lipinski definition) is 8. The molecule has 0 amide bonds. The second kappa shape index (κ2) is 5.68. The standard InChI is InChI=1S/C12H11NO7/c14-5-7(15)9-10(8(16)12(18)19-9)20-11(17)6-2-1-3-13-4-6/h1-4,7,9,14-16H,5H2. The van der Waals surface area contributed by atoms with Crippen molar-refractivity contribution in [3.05, 3.63) is 41.6 Å². The van der Waals surface area contributed by atoms with Crippen molar-refractivity contribution in [2.45, 2.75) is 12.2 Å². The first-order valence-electron chi connectivity index (χ1n) is 5.60. The van der Waals surface area contributed by atoms with Gasteiger partial charge in [-0.2, -0.15) is 0 Å². The second-order valence-electron chi connectivity index (χ2n) is 3.92. The van der Waals surface area contributed by atoms with E-state index in [1.54, 1.807) is 0 Å². The number of aliphatic hydroxyl groups excluding tert-OH is 3. The van der Waals surface area contributed by atoms with Crippen LogP contribution < -0.4 is 0 Å². The zero-order valence-corrected chi connectivity index (χ0v) is 10.1. The molecule has 1 aliphatic heterocycles. The van der Waals surface area contributed by atoms with E-state index in [1.165, 1.54) is 24.5 Å². The van der Waals surface area contributed by atoms with Crippen molar-refractivity contribution in [1.82, 2.24) is 4.98 Å². The maximum Gasteiger partial charge on any atom is 0.378 e. The van der Waals surface area contributed by atoms with Gasteiger partial charge in [0.1, 0.15) is 6.10 Å². The number of ether oxygens (including phenoxy) is 2. The van der Waals surface area contributed by atoms with Gasteiger partial charge in [-0.3, -0.25) is 4.98 Å². The summed E-state index contributed by atoms with van der Waals surface area (Å²) in [6.45, 7) is -0.737. The van der Waals surface area contributed by atoms with Gasteiger partial charge < -0.3 is 24.8 Å². The third kappa shape index (κ3) is 2.60. The van der Waals surface area contributed by atoms with Gasteiger partial charge in [-0.1, -0.05) is 0 Å². The summed E-state index contributed by atoms with van der Waals surface area (Å²) in [6.07, 6.45) is -0.267. The average Bonchev–Trinajstić information content (AvgIpc) is 2.75. The Morgan fingerprint density at radius 3 is 2.90 bits per heavy atom. The molecule has 0 fully saturated rings. The number of esters is 2. The largest absolute Gasteiger partial charge is 0.499 e. The van der Waals surface area contributed by atoms with E-state index < -0.39 is 42.3 Å². The van der Waals surface area contributed by atoms with Crippen molar-refractivity contribution in [2.24, 2.45) is 0 Å². The van der Waals surface area contributed by atoms with Crippen molar-refractivity contribution < 1.29 is 34.4 Å². The summed E-state index contributed by atoms with van der Waals surface area (Å²) >= 11 is 0. The number of pyridine rings is 1. The van der Waals surface area contributed by atoms with Crippen LogP contribution in [0.15, 0.2) is 36.0 Å². The number of aromatic nitrogens is 1. The molecule has 8 heteroatoms. The molecule has 3 N–H and O–H groups in total. The first-order valence-corrected chi connectivity index (χ1v) is 5.60. The lowest BCUT2D eigenvalue weighted by atomic mass is 10.2. The van der Waals surface area contributed by atoms with Gasteiger partial charge in [0.05, 0.1) is 12.2 Å². The van der Waals surface area contributed by atoms with Crippen molar-refractivity contribution in [3.8, 4) is 0 Å².